The Morgan fingerprint density at radius 2 is 1.55 bits per heavy atom. The molecule has 0 fully saturated rings. The molecule has 0 radical (unpaired) electrons. The molecule has 1 amide bonds. The highest BCUT2D eigenvalue weighted by molar-refractivity contribution is 6.30. The van der Waals surface area contributed by atoms with Gasteiger partial charge in [0, 0.05) is 10.6 Å². The molecule has 1 aromatic heterocycles. The van der Waals surface area contributed by atoms with Gasteiger partial charge in [-0.3, -0.25) is 4.79 Å². The van der Waals surface area contributed by atoms with Gasteiger partial charge < -0.3 is 9.73 Å². The summed E-state index contributed by atoms with van der Waals surface area (Å²) in [4.78, 5) is 12.7. The Balaban J connectivity index is 1.61. The maximum atomic E-state index is 12.7. The summed E-state index contributed by atoms with van der Waals surface area (Å²) in [7, 11) is 0. The van der Waals surface area contributed by atoms with E-state index in [-0.39, 0.29) is 12.3 Å². The highest BCUT2D eigenvalue weighted by Crippen LogP contribution is 2.26. The van der Waals surface area contributed by atoms with E-state index in [0.29, 0.717) is 16.8 Å². The van der Waals surface area contributed by atoms with Crippen LogP contribution >= 0.6 is 11.6 Å². The van der Waals surface area contributed by atoms with Crippen LogP contribution in [0.5, 0.6) is 0 Å². The summed E-state index contributed by atoms with van der Waals surface area (Å²) < 4.78 is 5.90. The number of carbonyl (C=O) groups excluding carboxylic acids is 1. The topological polar surface area (TPSA) is 68.0 Å². The number of rotatable bonds is 6. The van der Waals surface area contributed by atoms with E-state index in [2.05, 4.69) is 15.5 Å². The van der Waals surface area contributed by atoms with Crippen molar-refractivity contribution in [3.05, 3.63) is 107 Å². The van der Waals surface area contributed by atoms with E-state index in [1.54, 1.807) is 12.1 Å². The van der Waals surface area contributed by atoms with Crippen molar-refractivity contribution in [2.45, 2.75) is 12.5 Å². The standard InChI is InChI=1S/C23H18ClN3O2/c24-19-13-11-17(12-14-19)21(25-20(28)15-16-7-3-1-4-8-16)23-27-26-22(29-23)18-9-5-2-6-10-18/h1-14,21H,15H2,(H,25,28). The molecule has 144 valence electrons. The lowest BCUT2D eigenvalue weighted by molar-refractivity contribution is -0.121. The molecular weight excluding hydrogens is 386 g/mol. The SMILES string of the molecule is O=C(Cc1ccccc1)NC(c1ccc(Cl)cc1)c1nnc(-c2ccccc2)o1. The average Bonchev–Trinajstić information content (AvgIpc) is 3.24. The van der Waals surface area contributed by atoms with Crippen molar-refractivity contribution in [2.24, 2.45) is 0 Å². The number of amides is 1. The molecule has 1 heterocycles. The third kappa shape index (κ3) is 4.70. The first-order valence-electron chi connectivity index (χ1n) is 9.16. The molecule has 0 bridgehead atoms. The first-order valence-corrected chi connectivity index (χ1v) is 9.54. The van der Waals surface area contributed by atoms with Gasteiger partial charge in [0.15, 0.2) is 0 Å². The lowest BCUT2D eigenvalue weighted by atomic mass is 10.1. The van der Waals surface area contributed by atoms with E-state index in [1.165, 1.54) is 0 Å². The molecule has 0 spiro atoms. The fourth-order valence-electron chi connectivity index (χ4n) is 2.98. The molecule has 0 aliphatic heterocycles. The summed E-state index contributed by atoms with van der Waals surface area (Å²) in [5, 5.41) is 11.9. The minimum absolute atomic E-state index is 0.143. The second kappa shape index (κ2) is 8.71. The minimum atomic E-state index is -0.576. The largest absolute Gasteiger partial charge is 0.418 e. The van der Waals surface area contributed by atoms with E-state index < -0.39 is 6.04 Å². The van der Waals surface area contributed by atoms with E-state index in [1.807, 2.05) is 72.8 Å². The van der Waals surface area contributed by atoms with Crippen molar-refractivity contribution in [3.63, 3.8) is 0 Å². The van der Waals surface area contributed by atoms with Gasteiger partial charge in [-0.25, -0.2) is 0 Å². The van der Waals surface area contributed by atoms with Crippen LogP contribution < -0.4 is 5.32 Å². The fourth-order valence-corrected chi connectivity index (χ4v) is 3.11. The normalized spacial score (nSPS) is 11.8. The molecular formula is C23H18ClN3O2. The third-order valence-electron chi connectivity index (χ3n) is 4.42. The summed E-state index contributed by atoms with van der Waals surface area (Å²) >= 11 is 6.02. The zero-order chi connectivity index (χ0) is 20.1. The second-order valence-electron chi connectivity index (χ2n) is 6.53. The van der Waals surface area contributed by atoms with Gasteiger partial charge in [0.05, 0.1) is 6.42 Å². The summed E-state index contributed by atoms with van der Waals surface area (Å²) in [6, 6.07) is 25.7. The van der Waals surface area contributed by atoms with Crippen molar-refractivity contribution >= 4 is 17.5 Å². The van der Waals surface area contributed by atoms with E-state index in [0.717, 1.165) is 16.7 Å². The smallest absolute Gasteiger partial charge is 0.247 e. The van der Waals surface area contributed by atoms with E-state index >= 15 is 0 Å². The van der Waals surface area contributed by atoms with Crippen molar-refractivity contribution in [3.8, 4) is 11.5 Å². The van der Waals surface area contributed by atoms with Gasteiger partial charge in [-0.2, -0.15) is 0 Å². The number of hydrogen-bond donors (Lipinski definition) is 1. The number of hydrogen-bond acceptors (Lipinski definition) is 4. The van der Waals surface area contributed by atoms with Gasteiger partial charge in [0.25, 0.3) is 0 Å². The zero-order valence-electron chi connectivity index (χ0n) is 15.5. The first-order chi connectivity index (χ1) is 14.2. The van der Waals surface area contributed by atoms with Gasteiger partial charge in [0.2, 0.25) is 17.7 Å². The molecule has 4 aromatic rings. The molecule has 5 nitrogen and oxygen atoms in total. The van der Waals surface area contributed by atoms with Gasteiger partial charge in [-0.1, -0.05) is 72.3 Å². The van der Waals surface area contributed by atoms with E-state index in [9.17, 15) is 4.79 Å². The number of benzene rings is 3. The quantitative estimate of drug-likeness (QED) is 0.500. The predicted octanol–water partition coefficient (Wildman–Crippen LogP) is 4.84. The lowest BCUT2D eigenvalue weighted by Crippen LogP contribution is -2.30. The summed E-state index contributed by atoms with van der Waals surface area (Å²) in [6.07, 6.45) is 0.255. The molecule has 4 rings (SSSR count). The Hall–Kier alpha value is -3.44. The average molecular weight is 404 g/mol. The Bertz CT molecular complexity index is 1080. The molecule has 0 aliphatic carbocycles. The Labute approximate surface area is 173 Å². The van der Waals surface area contributed by atoms with Crippen LogP contribution in [0.25, 0.3) is 11.5 Å². The molecule has 3 aromatic carbocycles. The molecule has 6 heteroatoms. The predicted molar refractivity (Wildman–Crippen MR) is 111 cm³/mol. The van der Waals surface area contributed by atoms with Crippen LogP contribution in [-0.2, 0) is 11.2 Å². The van der Waals surface area contributed by atoms with Crippen LogP contribution in [0.15, 0.2) is 89.3 Å². The number of halogens is 1. The maximum absolute atomic E-state index is 12.7. The minimum Gasteiger partial charge on any atom is -0.418 e. The maximum Gasteiger partial charge on any atom is 0.247 e. The van der Waals surface area contributed by atoms with Crippen LogP contribution in [-0.4, -0.2) is 16.1 Å². The lowest BCUT2D eigenvalue weighted by Gasteiger charge is -2.16. The van der Waals surface area contributed by atoms with E-state index in [4.69, 9.17) is 16.0 Å². The van der Waals surface area contributed by atoms with Crippen molar-refractivity contribution in [1.82, 2.24) is 15.5 Å². The fraction of sp³-hybridized carbons (Fsp3) is 0.0870. The highest BCUT2D eigenvalue weighted by Gasteiger charge is 2.23. The van der Waals surface area contributed by atoms with Crippen LogP contribution in [0.4, 0.5) is 0 Å². The number of nitrogens with one attached hydrogen (secondary N) is 1. The van der Waals surface area contributed by atoms with Gasteiger partial charge in [-0.05, 0) is 35.4 Å². The van der Waals surface area contributed by atoms with Crippen LogP contribution in [0, 0.1) is 0 Å². The summed E-state index contributed by atoms with van der Waals surface area (Å²) in [5.74, 6) is 0.570. The molecule has 1 atom stereocenters. The molecule has 0 saturated heterocycles. The summed E-state index contributed by atoms with van der Waals surface area (Å²) in [6.45, 7) is 0. The van der Waals surface area contributed by atoms with Gasteiger partial charge in [0.1, 0.15) is 6.04 Å². The molecule has 29 heavy (non-hydrogen) atoms. The van der Waals surface area contributed by atoms with Crippen LogP contribution in [0.2, 0.25) is 5.02 Å². The monoisotopic (exact) mass is 403 g/mol. The number of aromatic nitrogens is 2. The third-order valence-corrected chi connectivity index (χ3v) is 4.68. The van der Waals surface area contributed by atoms with Crippen LogP contribution in [0.3, 0.4) is 0 Å². The van der Waals surface area contributed by atoms with Crippen molar-refractivity contribution in [1.29, 1.82) is 0 Å². The Kier molecular flexibility index (Phi) is 5.68. The second-order valence-corrected chi connectivity index (χ2v) is 6.96. The number of carbonyl (C=O) groups is 1. The molecule has 1 N–H and O–H groups in total. The van der Waals surface area contributed by atoms with Crippen molar-refractivity contribution < 1.29 is 9.21 Å². The molecule has 0 saturated carbocycles. The van der Waals surface area contributed by atoms with Gasteiger partial charge in [-0.15, -0.1) is 10.2 Å². The highest BCUT2D eigenvalue weighted by atomic mass is 35.5. The zero-order valence-corrected chi connectivity index (χ0v) is 16.2. The van der Waals surface area contributed by atoms with Gasteiger partial charge >= 0.3 is 0 Å². The van der Waals surface area contributed by atoms with Crippen molar-refractivity contribution in [2.75, 3.05) is 0 Å². The molecule has 1 unspecified atom stereocenters. The first kappa shape index (κ1) is 18.9. The summed E-state index contributed by atoms with van der Waals surface area (Å²) in [5.41, 5.74) is 2.55. The van der Waals surface area contributed by atoms with Crippen LogP contribution in [0.1, 0.15) is 23.1 Å². The number of nitrogens with zero attached hydrogens (tertiary/aromatic N) is 2. The Morgan fingerprint density at radius 3 is 2.24 bits per heavy atom. The molecule has 0 aliphatic rings. The Morgan fingerprint density at radius 1 is 0.897 bits per heavy atom.